The summed E-state index contributed by atoms with van der Waals surface area (Å²) in [5, 5.41) is 0. The summed E-state index contributed by atoms with van der Waals surface area (Å²) in [7, 11) is 3.19. The first-order chi connectivity index (χ1) is 13.2. The Hall–Kier alpha value is -2.49. The van der Waals surface area contributed by atoms with Gasteiger partial charge in [0.15, 0.2) is 11.5 Å². The van der Waals surface area contributed by atoms with Gasteiger partial charge in [0.2, 0.25) is 0 Å². The smallest absolute Gasteiger partial charge is 0.253 e. The fourth-order valence-corrected chi connectivity index (χ4v) is 3.82. The van der Waals surface area contributed by atoms with Gasteiger partial charge in [-0.25, -0.2) is 0 Å². The number of piperidine rings is 1. The van der Waals surface area contributed by atoms with Gasteiger partial charge in [0.1, 0.15) is 0 Å². The number of aryl methyl sites for hydroxylation is 1. The van der Waals surface area contributed by atoms with Crippen LogP contribution in [0.4, 0.5) is 0 Å². The van der Waals surface area contributed by atoms with E-state index in [0.29, 0.717) is 17.1 Å². The highest BCUT2D eigenvalue weighted by molar-refractivity contribution is 5.95. The largest absolute Gasteiger partial charge is 0.493 e. The lowest BCUT2D eigenvalue weighted by Crippen LogP contribution is -2.38. The van der Waals surface area contributed by atoms with Crippen molar-refractivity contribution in [2.75, 3.05) is 27.3 Å². The molecule has 1 aliphatic heterocycles. The van der Waals surface area contributed by atoms with E-state index in [1.54, 1.807) is 26.4 Å². The summed E-state index contributed by atoms with van der Waals surface area (Å²) in [6.45, 7) is 1.67. The third kappa shape index (κ3) is 5.03. The van der Waals surface area contributed by atoms with E-state index < -0.39 is 0 Å². The first-order valence-corrected chi connectivity index (χ1v) is 9.76. The number of carbonyl (C=O) groups excluding carboxylic acids is 1. The molecule has 3 rings (SSSR count). The quantitative estimate of drug-likeness (QED) is 0.719. The van der Waals surface area contributed by atoms with Gasteiger partial charge in [0.05, 0.1) is 14.2 Å². The maximum absolute atomic E-state index is 12.8. The minimum Gasteiger partial charge on any atom is -0.493 e. The number of carbonyl (C=O) groups is 1. The van der Waals surface area contributed by atoms with Crippen LogP contribution in [-0.4, -0.2) is 38.1 Å². The summed E-state index contributed by atoms with van der Waals surface area (Å²) in [5.74, 6) is 2.05. The Balaban J connectivity index is 1.48. The molecule has 0 radical (unpaired) electrons. The lowest BCUT2D eigenvalue weighted by atomic mass is 9.90. The molecule has 2 aromatic rings. The van der Waals surface area contributed by atoms with Crippen molar-refractivity contribution in [3.05, 3.63) is 59.7 Å². The topological polar surface area (TPSA) is 38.8 Å². The normalized spacial score (nSPS) is 14.8. The summed E-state index contributed by atoms with van der Waals surface area (Å²) in [6.07, 6.45) is 5.79. The fraction of sp³-hybridized carbons (Fsp3) is 0.435. The predicted octanol–water partition coefficient (Wildman–Crippen LogP) is 4.58. The Bertz CT molecular complexity index is 737. The summed E-state index contributed by atoms with van der Waals surface area (Å²) in [4.78, 5) is 14.8. The van der Waals surface area contributed by atoms with Gasteiger partial charge in [-0.15, -0.1) is 0 Å². The van der Waals surface area contributed by atoms with Gasteiger partial charge in [-0.05, 0) is 61.8 Å². The van der Waals surface area contributed by atoms with E-state index in [9.17, 15) is 4.79 Å². The van der Waals surface area contributed by atoms with Crippen molar-refractivity contribution in [2.24, 2.45) is 5.92 Å². The third-order valence-electron chi connectivity index (χ3n) is 5.45. The molecule has 1 fully saturated rings. The van der Waals surface area contributed by atoms with Gasteiger partial charge in [-0.2, -0.15) is 0 Å². The summed E-state index contributed by atoms with van der Waals surface area (Å²) >= 11 is 0. The number of ether oxygens (including phenoxy) is 2. The molecular weight excluding hydrogens is 338 g/mol. The van der Waals surface area contributed by atoms with E-state index in [2.05, 4.69) is 30.3 Å². The Morgan fingerprint density at radius 2 is 1.70 bits per heavy atom. The average Bonchev–Trinajstić information content (AvgIpc) is 2.74. The third-order valence-corrected chi connectivity index (χ3v) is 5.45. The van der Waals surface area contributed by atoms with Crippen molar-refractivity contribution in [1.82, 2.24) is 4.90 Å². The lowest BCUT2D eigenvalue weighted by Gasteiger charge is -2.32. The van der Waals surface area contributed by atoms with Gasteiger partial charge in [0, 0.05) is 18.7 Å². The van der Waals surface area contributed by atoms with E-state index >= 15 is 0 Å². The molecule has 144 valence electrons. The van der Waals surface area contributed by atoms with Crippen molar-refractivity contribution >= 4 is 5.91 Å². The van der Waals surface area contributed by atoms with Crippen molar-refractivity contribution in [3.8, 4) is 11.5 Å². The van der Waals surface area contributed by atoms with Crippen LogP contribution in [0.15, 0.2) is 48.5 Å². The Labute approximate surface area is 162 Å². The Kier molecular flexibility index (Phi) is 6.74. The molecule has 2 aromatic carbocycles. The number of hydrogen-bond donors (Lipinski definition) is 0. The van der Waals surface area contributed by atoms with Crippen LogP contribution in [0, 0.1) is 5.92 Å². The van der Waals surface area contributed by atoms with Crippen molar-refractivity contribution < 1.29 is 14.3 Å². The second-order valence-electron chi connectivity index (χ2n) is 7.18. The average molecular weight is 367 g/mol. The molecule has 27 heavy (non-hydrogen) atoms. The molecule has 0 saturated carbocycles. The van der Waals surface area contributed by atoms with Crippen LogP contribution in [0.1, 0.15) is 41.6 Å². The van der Waals surface area contributed by atoms with Crippen molar-refractivity contribution in [2.45, 2.75) is 32.1 Å². The molecule has 1 heterocycles. The molecule has 1 amide bonds. The van der Waals surface area contributed by atoms with Gasteiger partial charge in [-0.3, -0.25) is 4.79 Å². The van der Waals surface area contributed by atoms with E-state index in [4.69, 9.17) is 9.47 Å². The van der Waals surface area contributed by atoms with E-state index in [1.807, 2.05) is 11.0 Å². The zero-order valence-electron chi connectivity index (χ0n) is 16.3. The minimum absolute atomic E-state index is 0.0821. The van der Waals surface area contributed by atoms with Crippen molar-refractivity contribution in [3.63, 3.8) is 0 Å². The highest BCUT2D eigenvalue weighted by atomic mass is 16.5. The SMILES string of the molecule is COc1ccc(C(=O)N2CCC(CCCc3ccccc3)CC2)cc1OC. The summed E-state index contributed by atoms with van der Waals surface area (Å²) in [6, 6.07) is 16.1. The monoisotopic (exact) mass is 367 g/mol. The summed E-state index contributed by atoms with van der Waals surface area (Å²) in [5.41, 5.74) is 2.08. The molecule has 0 aromatic heterocycles. The highest BCUT2D eigenvalue weighted by Crippen LogP contribution is 2.29. The van der Waals surface area contributed by atoms with Crippen LogP contribution in [0.3, 0.4) is 0 Å². The number of amides is 1. The molecule has 4 nitrogen and oxygen atoms in total. The highest BCUT2D eigenvalue weighted by Gasteiger charge is 2.24. The zero-order chi connectivity index (χ0) is 19.1. The van der Waals surface area contributed by atoms with E-state index in [1.165, 1.54) is 18.4 Å². The van der Waals surface area contributed by atoms with Crippen LogP contribution in [-0.2, 0) is 6.42 Å². The number of likely N-dealkylation sites (tertiary alicyclic amines) is 1. The van der Waals surface area contributed by atoms with Gasteiger partial charge in [0.25, 0.3) is 5.91 Å². The fourth-order valence-electron chi connectivity index (χ4n) is 3.82. The van der Waals surface area contributed by atoms with E-state index in [0.717, 1.165) is 38.3 Å². The number of rotatable bonds is 7. The van der Waals surface area contributed by atoms with Crippen LogP contribution in [0.5, 0.6) is 11.5 Å². The molecule has 0 spiro atoms. The van der Waals surface area contributed by atoms with Crippen LogP contribution in [0.2, 0.25) is 0 Å². The molecule has 0 unspecified atom stereocenters. The second-order valence-corrected chi connectivity index (χ2v) is 7.18. The Morgan fingerprint density at radius 1 is 1.00 bits per heavy atom. The van der Waals surface area contributed by atoms with E-state index in [-0.39, 0.29) is 5.91 Å². The molecular formula is C23H29NO3. The molecule has 4 heteroatoms. The number of benzene rings is 2. The molecule has 0 atom stereocenters. The Morgan fingerprint density at radius 3 is 2.37 bits per heavy atom. The maximum atomic E-state index is 12.8. The molecule has 0 aliphatic carbocycles. The first-order valence-electron chi connectivity index (χ1n) is 9.76. The van der Waals surface area contributed by atoms with Gasteiger partial charge < -0.3 is 14.4 Å². The standard InChI is InChI=1S/C23H29NO3/c1-26-21-12-11-20(17-22(21)27-2)23(25)24-15-13-19(14-16-24)10-6-9-18-7-4-3-5-8-18/h3-5,7-8,11-12,17,19H,6,9-10,13-16H2,1-2H3. The van der Waals surface area contributed by atoms with Crippen LogP contribution >= 0.6 is 0 Å². The second kappa shape index (κ2) is 9.45. The predicted molar refractivity (Wildman–Crippen MR) is 108 cm³/mol. The number of nitrogens with zero attached hydrogens (tertiary/aromatic N) is 1. The number of hydrogen-bond acceptors (Lipinski definition) is 3. The van der Waals surface area contributed by atoms with Gasteiger partial charge in [-0.1, -0.05) is 30.3 Å². The molecule has 1 saturated heterocycles. The maximum Gasteiger partial charge on any atom is 0.253 e. The zero-order valence-corrected chi connectivity index (χ0v) is 16.3. The molecule has 0 bridgehead atoms. The van der Waals surface area contributed by atoms with Gasteiger partial charge >= 0.3 is 0 Å². The first kappa shape index (κ1) is 19.3. The van der Waals surface area contributed by atoms with Crippen molar-refractivity contribution in [1.29, 1.82) is 0 Å². The number of methoxy groups -OCH3 is 2. The van der Waals surface area contributed by atoms with Crippen LogP contribution in [0.25, 0.3) is 0 Å². The summed E-state index contributed by atoms with van der Waals surface area (Å²) < 4.78 is 10.6. The minimum atomic E-state index is 0.0821. The lowest BCUT2D eigenvalue weighted by molar-refractivity contribution is 0.0685. The van der Waals surface area contributed by atoms with Crippen LogP contribution < -0.4 is 9.47 Å². The molecule has 0 N–H and O–H groups in total. The molecule has 1 aliphatic rings.